The molecule has 98 valence electrons. The minimum absolute atomic E-state index is 0.661. The summed E-state index contributed by atoms with van der Waals surface area (Å²) in [5.74, 6) is 1.70. The first-order valence-electron chi connectivity index (χ1n) is 6.59. The molecule has 1 aromatic carbocycles. The lowest BCUT2D eigenvalue weighted by Gasteiger charge is -1.99. The van der Waals surface area contributed by atoms with Crippen molar-refractivity contribution in [1.29, 1.82) is 0 Å². The molecule has 0 fully saturated rings. The zero-order valence-corrected chi connectivity index (χ0v) is 11.4. The lowest BCUT2D eigenvalue weighted by molar-refractivity contribution is 0.573. The van der Waals surface area contributed by atoms with Gasteiger partial charge in [0.2, 0.25) is 5.89 Å². The van der Waals surface area contributed by atoms with Gasteiger partial charge in [-0.15, -0.1) is 0 Å². The van der Waals surface area contributed by atoms with Gasteiger partial charge in [0.15, 0.2) is 0 Å². The highest BCUT2D eigenvalue weighted by Gasteiger charge is 2.11. The van der Waals surface area contributed by atoms with Crippen molar-refractivity contribution in [3.63, 3.8) is 0 Å². The molecule has 2 heterocycles. The van der Waals surface area contributed by atoms with Gasteiger partial charge in [0.05, 0.1) is 16.7 Å². The quantitative estimate of drug-likeness (QED) is 0.774. The van der Waals surface area contributed by atoms with E-state index in [9.17, 15) is 0 Å². The van der Waals surface area contributed by atoms with Gasteiger partial charge in [-0.2, -0.15) is 0 Å². The Labute approximate surface area is 111 Å². The molecule has 0 aliphatic rings. The van der Waals surface area contributed by atoms with E-state index in [1.54, 1.807) is 6.26 Å². The Balaban J connectivity index is 2.12. The van der Waals surface area contributed by atoms with Crippen molar-refractivity contribution in [2.45, 2.75) is 33.6 Å². The van der Waals surface area contributed by atoms with Crippen LogP contribution in [0.15, 0.2) is 22.8 Å². The van der Waals surface area contributed by atoms with Crippen LogP contribution >= 0.6 is 0 Å². The Hall–Kier alpha value is -2.10. The lowest BCUT2D eigenvalue weighted by Crippen LogP contribution is -1.84. The number of aromatic nitrogens is 3. The van der Waals surface area contributed by atoms with Gasteiger partial charge in [-0.3, -0.25) is 0 Å². The number of rotatable bonds is 3. The summed E-state index contributed by atoms with van der Waals surface area (Å²) < 4.78 is 5.46. The third-order valence-corrected chi connectivity index (χ3v) is 3.18. The molecule has 3 rings (SSSR count). The molecule has 0 aliphatic carbocycles. The maximum Gasteiger partial charge on any atom is 0.226 e. The molecule has 2 aromatic heterocycles. The molecule has 4 nitrogen and oxygen atoms in total. The first-order valence-corrected chi connectivity index (χ1v) is 6.59. The van der Waals surface area contributed by atoms with E-state index in [1.807, 2.05) is 6.92 Å². The Morgan fingerprint density at radius 2 is 2.05 bits per heavy atom. The van der Waals surface area contributed by atoms with E-state index in [0.29, 0.717) is 5.89 Å². The third kappa shape index (κ3) is 2.14. The first kappa shape index (κ1) is 12.0. The maximum absolute atomic E-state index is 5.46. The van der Waals surface area contributed by atoms with E-state index in [2.05, 4.69) is 40.9 Å². The standard InChI is InChI=1S/C15H17N3O/c1-4-5-13-17-12-7-11(6-9(2)14(12)18-13)15-16-10(3)8-19-15/h6-8H,4-5H2,1-3H3,(H,17,18). The van der Waals surface area contributed by atoms with Crippen LogP contribution in [0.25, 0.3) is 22.5 Å². The molecule has 1 N–H and O–H groups in total. The molecule has 0 atom stereocenters. The van der Waals surface area contributed by atoms with Crippen LogP contribution in [-0.4, -0.2) is 15.0 Å². The zero-order chi connectivity index (χ0) is 13.4. The summed E-state index contributed by atoms with van der Waals surface area (Å²) in [6.45, 7) is 6.15. The Morgan fingerprint density at radius 1 is 1.21 bits per heavy atom. The molecule has 0 unspecified atom stereocenters. The highest BCUT2D eigenvalue weighted by molar-refractivity contribution is 5.83. The number of aryl methyl sites for hydroxylation is 3. The second-order valence-electron chi connectivity index (χ2n) is 4.92. The van der Waals surface area contributed by atoms with Gasteiger partial charge in [-0.1, -0.05) is 6.92 Å². The summed E-state index contributed by atoms with van der Waals surface area (Å²) >= 11 is 0. The number of nitrogens with zero attached hydrogens (tertiary/aromatic N) is 2. The Bertz CT molecular complexity index is 724. The highest BCUT2D eigenvalue weighted by atomic mass is 16.3. The zero-order valence-electron chi connectivity index (χ0n) is 11.4. The predicted octanol–water partition coefficient (Wildman–Crippen LogP) is 3.79. The first-order chi connectivity index (χ1) is 9.17. The predicted molar refractivity (Wildman–Crippen MR) is 75.1 cm³/mol. The monoisotopic (exact) mass is 255 g/mol. The van der Waals surface area contributed by atoms with E-state index in [-0.39, 0.29) is 0 Å². The summed E-state index contributed by atoms with van der Waals surface area (Å²) in [5, 5.41) is 0. The summed E-state index contributed by atoms with van der Waals surface area (Å²) in [5.41, 5.74) is 5.11. The third-order valence-electron chi connectivity index (χ3n) is 3.18. The molecule has 0 amide bonds. The number of aromatic amines is 1. The average molecular weight is 255 g/mol. The summed E-state index contributed by atoms with van der Waals surface area (Å²) in [6.07, 6.45) is 3.73. The molecule has 3 aromatic rings. The van der Waals surface area contributed by atoms with Crippen LogP contribution in [0.4, 0.5) is 0 Å². The van der Waals surface area contributed by atoms with Crippen molar-refractivity contribution in [2.75, 3.05) is 0 Å². The molecule has 0 bridgehead atoms. The van der Waals surface area contributed by atoms with Crippen LogP contribution in [0.2, 0.25) is 0 Å². The van der Waals surface area contributed by atoms with Gasteiger partial charge in [0.1, 0.15) is 12.1 Å². The number of oxazole rings is 1. The summed E-state index contributed by atoms with van der Waals surface area (Å²) in [4.78, 5) is 12.4. The van der Waals surface area contributed by atoms with Crippen LogP contribution in [0, 0.1) is 13.8 Å². The minimum Gasteiger partial charge on any atom is -0.444 e. The molecule has 0 aliphatic heterocycles. The topological polar surface area (TPSA) is 54.7 Å². The van der Waals surface area contributed by atoms with Crippen molar-refractivity contribution in [2.24, 2.45) is 0 Å². The maximum atomic E-state index is 5.46. The smallest absolute Gasteiger partial charge is 0.226 e. The number of H-pyrrole nitrogens is 1. The number of benzene rings is 1. The van der Waals surface area contributed by atoms with Gasteiger partial charge in [-0.05, 0) is 38.0 Å². The van der Waals surface area contributed by atoms with Crippen molar-refractivity contribution in [1.82, 2.24) is 15.0 Å². The molecule has 19 heavy (non-hydrogen) atoms. The van der Waals surface area contributed by atoms with Gasteiger partial charge in [-0.25, -0.2) is 9.97 Å². The highest BCUT2D eigenvalue weighted by Crippen LogP contribution is 2.26. The van der Waals surface area contributed by atoms with E-state index in [4.69, 9.17) is 4.42 Å². The van der Waals surface area contributed by atoms with E-state index >= 15 is 0 Å². The average Bonchev–Trinajstić information content (AvgIpc) is 2.96. The van der Waals surface area contributed by atoms with Gasteiger partial charge in [0, 0.05) is 12.0 Å². The van der Waals surface area contributed by atoms with Crippen molar-refractivity contribution >= 4 is 11.0 Å². The molecule has 0 saturated carbocycles. The van der Waals surface area contributed by atoms with E-state index in [1.165, 1.54) is 0 Å². The van der Waals surface area contributed by atoms with E-state index < -0.39 is 0 Å². The summed E-state index contributed by atoms with van der Waals surface area (Å²) in [6, 6.07) is 4.13. The Kier molecular flexibility index (Phi) is 2.85. The molecule has 0 radical (unpaired) electrons. The number of fused-ring (bicyclic) bond motifs is 1. The van der Waals surface area contributed by atoms with Crippen LogP contribution in [0.3, 0.4) is 0 Å². The second kappa shape index (κ2) is 4.53. The molecule has 0 spiro atoms. The fourth-order valence-electron chi connectivity index (χ4n) is 2.31. The number of imidazole rings is 1. The lowest BCUT2D eigenvalue weighted by atomic mass is 10.1. The van der Waals surface area contributed by atoms with Gasteiger partial charge >= 0.3 is 0 Å². The minimum atomic E-state index is 0.661. The van der Waals surface area contributed by atoms with E-state index in [0.717, 1.165) is 46.5 Å². The fraction of sp³-hybridized carbons (Fsp3) is 0.333. The van der Waals surface area contributed by atoms with Crippen molar-refractivity contribution in [3.05, 3.63) is 35.5 Å². The van der Waals surface area contributed by atoms with Gasteiger partial charge < -0.3 is 9.40 Å². The Morgan fingerprint density at radius 3 is 2.74 bits per heavy atom. The fourth-order valence-corrected chi connectivity index (χ4v) is 2.31. The van der Waals surface area contributed by atoms with Crippen molar-refractivity contribution in [3.8, 4) is 11.5 Å². The van der Waals surface area contributed by atoms with Crippen molar-refractivity contribution < 1.29 is 4.42 Å². The van der Waals surface area contributed by atoms with Crippen LogP contribution < -0.4 is 0 Å². The molecular weight excluding hydrogens is 238 g/mol. The van der Waals surface area contributed by atoms with Gasteiger partial charge in [0.25, 0.3) is 0 Å². The number of hydrogen-bond donors (Lipinski definition) is 1. The number of nitrogens with one attached hydrogen (secondary N) is 1. The van der Waals surface area contributed by atoms with Crippen LogP contribution in [-0.2, 0) is 6.42 Å². The second-order valence-corrected chi connectivity index (χ2v) is 4.92. The summed E-state index contributed by atoms with van der Waals surface area (Å²) in [7, 11) is 0. The molecule has 0 saturated heterocycles. The largest absolute Gasteiger partial charge is 0.444 e. The molecule has 4 heteroatoms. The van der Waals surface area contributed by atoms with Crippen LogP contribution in [0.1, 0.15) is 30.4 Å². The normalized spacial score (nSPS) is 11.3. The van der Waals surface area contributed by atoms with Crippen LogP contribution in [0.5, 0.6) is 0 Å². The number of hydrogen-bond acceptors (Lipinski definition) is 3. The molecular formula is C15H17N3O. The SMILES string of the molecule is CCCc1nc2c(C)cc(-c3nc(C)co3)cc2[nH]1.